The van der Waals surface area contributed by atoms with Crippen LogP contribution in [0.5, 0.6) is 5.75 Å². The van der Waals surface area contributed by atoms with Crippen LogP contribution in [0, 0.1) is 6.92 Å². The summed E-state index contributed by atoms with van der Waals surface area (Å²) in [4.78, 5) is 24.8. The molecular weight excluding hydrogens is 426 g/mol. The van der Waals surface area contributed by atoms with Gasteiger partial charge < -0.3 is 19.9 Å². The molecule has 0 unspecified atom stereocenters. The zero-order valence-electron chi connectivity index (χ0n) is 18.6. The Labute approximate surface area is 191 Å². The summed E-state index contributed by atoms with van der Waals surface area (Å²) >= 11 is 1.28. The Hall–Kier alpha value is -3.33. The molecule has 1 heterocycles. The Bertz CT molecular complexity index is 1080. The van der Waals surface area contributed by atoms with Crippen LogP contribution in [0.15, 0.2) is 53.7 Å². The highest BCUT2D eigenvalue weighted by Crippen LogP contribution is 2.21. The summed E-state index contributed by atoms with van der Waals surface area (Å²) in [6.45, 7) is 6.31. The van der Waals surface area contributed by atoms with E-state index in [0.29, 0.717) is 28.8 Å². The first-order chi connectivity index (χ1) is 15.4. The van der Waals surface area contributed by atoms with Gasteiger partial charge in [-0.05, 0) is 57.2 Å². The Morgan fingerprint density at radius 2 is 1.91 bits per heavy atom. The van der Waals surface area contributed by atoms with E-state index < -0.39 is 0 Å². The molecule has 0 aliphatic heterocycles. The summed E-state index contributed by atoms with van der Waals surface area (Å²) in [7, 11) is 1.82. The molecule has 1 aromatic heterocycles. The molecule has 0 aliphatic rings. The van der Waals surface area contributed by atoms with Gasteiger partial charge in [0.2, 0.25) is 5.91 Å². The molecular formula is C23H27N5O3S. The van der Waals surface area contributed by atoms with E-state index in [1.165, 1.54) is 11.8 Å². The molecule has 2 aromatic carbocycles. The summed E-state index contributed by atoms with van der Waals surface area (Å²) in [6.07, 6.45) is 0. The van der Waals surface area contributed by atoms with E-state index in [9.17, 15) is 9.59 Å². The second-order valence-electron chi connectivity index (χ2n) is 7.26. The van der Waals surface area contributed by atoms with Crippen molar-refractivity contribution in [2.75, 3.05) is 17.7 Å². The number of carbonyl (C=O) groups is 2. The molecule has 3 aromatic rings. The normalized spacial score (nSPS) is 11.6. The van der Waals surface area contributed by atoms with Crippen molar-refractivity contribution in [3.05, 3.63) is 65.5 Å². The first-order valence-electron chi connectivity index (χ1n) is 10.3. The van der Waals surface area contributed by atoms with Crippen molar-refractivity contribution < 1.29 is 14.3 Å². The maximum atomic E-state index is 12.5. The maximum absolute atomic E-state index is 12.5. The number of thioether (sulfide) groups is 1. The summed E-state index contributed by atoms with van der Waals surface area (Å²) in [6, 6.07) is 14.3. The maximum Gasteiger partial charge on any atom is 0.251 e. The van der Waals surface area contributed by atoms with E-state index in [0.717, 1.165) is 11.3 Å². The van der Waals surface area contributed by atoms with E-state index in [1.807, 2.05) is 58.2 Å². The minimum atomic E-state index is -0.340. The number of hydrogen-bond donors (Lipinski definition) is 2. The van der Waals surface area contributed by atoms with Gasteiger partial charge in [0.15, 0.2) is 11.0 Å². The Morgan fingerprint density at radius 1 is 1.16 bits per heavy atom. The zero-order chi connectivity index (χ0) is 23.1. The lowest BCUT2D eigenvalue weighted by atomic mass is 10.1. The number of aryl methyl sites for hydroxylation is 1. The SMILES string of the molecule is CCOc1ccc(NC(=O)CSc2nnc([C@@H](C)NC(=O)c3cccc(C)c3)n2C)cc1. The highest BCUT2D eigenvalue weighted by atomic mass is 32.2. The van der Waals surface area contributed by atoms with Gasteiger partial charge in [-0.25, -0.2) is 0 Å². The van der Waals surface area contributed by atoms with Crippen LogP contribution in [0.2, 0.25) is 0 Å². The third kappa shape index (κ3) is 6.10. The predicted molar refractivity (Wildman–Crippen MR) is 125 cm³/mol. The number of nitrogens with one attached hydrogen (secondary N) is 2. The monoisotopic (exact) mass is 453 g/mol. The van der Waals surface area contributed by atoms with E-state index in [1.54, 1.807) is 22.8 Å². The number of anilines is 1. The fourth-order valence-corrected chi connectivity index (χ4v) is 3.81. The number of hydrogen-bond acceptors (Lipinski definition) is 6. The molecule has 0 fully saturated rings. The smallest absolute Gasteiger partial charge is 0.251 e. The average molecular weight is 454 g/mol. The molecule has 0 spiro atoms. The number of amides is 2. The van der Waals surface area contributed by atoms with E-state index >= 15 is 0 Å². The molecule has 3 rings (SSSR count). The number of rotatable bonds is 9. The fourth-order valence-electron chi connectivity index (χ4n) is 3.09. The number of nitrogens with zero attached hydrogens (tertiary/aromatic N) is 3. The first-order valence-corrected chi connectivity index (χ1v) is 11.3. The quantitative estimate of drug-likeness (QED) is 0.479. The first kappa shape index (κ1) is 23.3. The van der Waals surface area contributed by atoms with Gasteiger partial charge in [0.1, 0.15) is 5.75 Å². The molecule has 0 radical (unpaired) electrons. The number of ether oxygens (including phenoxy) is 1. The van der Waals surface area contributed by atoms with Gasteiger partial charge in [0.25, 0.3) is 5.91 Å². The second kappa shape index (κ2) is 10.8. The highest BCUT2D eigenvalue weighted by molar-refractivity contribution is 7.99. The minimum Gasteiger partial charge on any atom is -0.494 e. The lowest BCUT2D eigenvalue weighted by Gasteiger charge is -2.14. The highest BCUT2D eigenvalue weighted by Gasteiger charge is 2.19. The molecule has 0 saturated heterocycles. The zero-order valence-corrected chi connectivity index (χ0v) is 19.4. The van der Waals surface area contributed by atoms with Crippen molar-refractivity contribution in [1.29, 1.82) is 0 Å². The van der Waals surface area contributed by atoms with Crippen LogP contribution < -0.4 is 15.4 Å². The summed E-state index contributed by atoms with van der Waals surface area (Å²) < 4.78 is 7.19. The summed E-state index contributed by atoms with van der Waals surface area (Å²) in [5.74, 6) is 1.23. The molecule has 1 atom stereocenters. The molecule has 32 heavy (non-hydrogen) atoms. The fraction of sp³-hybridized carbons (Fsp3) is 0.304. The van der Waals surface area contributed by atoms with Crippen LogP contribution >= 0.6 is 11.8 Å². The van der Waals surface area contributed by atoms with Crippen molar-refractivity contribution in [2.45, 2.75) is 32.0 Å². The van der Waals surface area contributed by atoms with Gasteiger partial charge >= 0.3 is 0 Å². The van der Waals surface area contributed by atoms with Crippen molar-refractivity contribution in [1.82, 2.24) is 20.1 Å². The third-order valence-corrected chi connectivity index (χ3v) is 5.69. The largest absolute Gasteiger partial charge is 0.494 e. The van der Waals surface area contributed by atoms with E-state index in [4.69, 9.17) is 4.74 Å². The number of carbonyl (C=O) groups excluding carboxylic acids is 2. The minimum absolute atomic E-state index is 0.149. The van der Waals surface area contributed by atoms with Crippen LogP contribution in [0.4, 0.5) is 5.69 Å². The van der Waals surface area contributed by atoms with Crippen molar-refractivity contribution >= 4 is 29.3 Å². The van der Waals surface area contributed by atoms with Crippen molar-refractivity contribution in [3.8, 4) is 5.75 Å². The van der Waals surface area contributed by atoms with Gasteiger partial charge in [-0.2, -0.15) is 0 Å². The van der Waals surface area contributed by atoms with E-state index in [2.05, 4.69) is 20.8 Å². The lowest BCUT2D eigenvalue weighted by Crippen LogP contribution is -2.28. The Balaban J connectivity index is 1.54. The van der Waals surface area contributed by atoms with Crippen molar-refractivity contribution in [2.24, 2.45) is 7.05 Å². The van der Waals surface area contributed by atoms with Crippen LogP contribution in [0.3, 0.4) is 0 Å². The van der Waals surface area contributed by atoms with Gasteiger partial charge in [0.05, 0.1) is 18.4 Å². The second-order valence-corrected chi connectivity index (χ2v) is 8.20. The molecule has 0 bridgehead atoms. The molecule has 2 N–H and O–H groups in total. The van der Waals surface area contributed by atoms with Crippen LogP contribution in [0.25, 0.3) is 0 Å². The van der Waals surface area contributed by atoms with Crippen LogP contribution in [-0.2, 0) is 11.8 Å². The van der Waals surface area contributed by atoms with Gasteiger partial charge in [-0.3, -0.25) is 9.59 Å². The lowest BCUT2D eigenvalue weighted by molar-refractivity contribution is -0.113. The molecule has 2 amide bonds. The third-order valence-electron chi connectivity index (χ3n) is 4.67. The molecule has 9 heteroatoms. The van der Waals surface area contributed by atoms with Gasteiger partial charge in [0, 0.05) is 18.3 Å². The molecule has 8 nitrogen and oxygen atoms in total. The Kier molecular flexibility index (Phi) is 7.88. The van der Waals surface area contributed by atoms with Crippen molar-refractivity contribution in [3.63, 3.8) is 0 Å². The van der Waals surface area contributed by atoms with Crippen LogP contribution in [-0.4, -0.2) is 38.9 Å². The average Bonchev–Trinajstić information content (AvgIpc) is 3.14. The van der Waals surface area contributed by atoms with Gasteiger partial charge in [-0.15, -0.1) is 10.2 Å². The number of benzene rings is 2. The number of aromatic nitrogens is 3. The standard InChI is InChI=1S/C23H27N5O3S/c1-5-31-19-11-9-18(10-12-19)25-20(29)14-32-23-27-26-21(28(23)4)16(3)24-22(30)17-8-6-7-15(2)13-17/h6-13,16H,5,14H2,1-4H3,(H,24,30)(H,25,29)/t16-/m1/s1. The molecule has 0 aliphatic carbocycles. The topological polar surface area (TPSA) is 98.1 Å². The Morgan fingerprint density at radius 3 is 2.59 bits per heavy atom. The van der Waals surface area contributed by atoms with E-state index in [-0.39, 0.29) is 23.6 Å². The summed E-state index contributed by atoms with van der Waals surface area (Å²) in [5.41, 5.74) is 2.32. The van der Waals surface area contributed by atoms with Crippen LogP contribution in [0.1, 0.15) is 41.6 Å². The molecule has 168 valence electrons. The summed E-state index contributed by atoms with van der Waals surface area (Å²) in [5, 5.41) is 14.8. The molecule has 0 saturated carbocycles. The van der Waals surface area contributed by atoms with Gasteiger partial charge in [-0.1, -0.05) is 29.5 Å². The predicted octanol–water partition coefficient (Wildman–Crippen LogP) is 3.74.